The number of nitrogens with zero attached hydrogens (tertiary/aromatic N) is 1. The molecule has 186 valence electrons. The second kappa shape index (κ2) is 12.5. The minimum Gasteiger partial charge on any atom is -0.484 e. The summed E-state index contributed by atoms with van der Waals surface area (Å²) in [6.07, 6.45) is 1.33. The number of hydrazone groups is 1. The number of hydrogen-bond donors (Lipinski definition) is 3. The van der Waals surface area contributed by atoms with Crippen LogP contribution in [0.3, 0.4) is 0 Å². The van der Waals surface area contributed by atoms with Crippen LogP contribution in [0.2, 0.25) is 10.0 Å². The van der Waals surface area contributed by atoms with Crippen molar-refractivity contribution >= 4 is 74.4 Å². The van der Waals surface area contributed by atoms with Crippen LogP contribution in [0.5, 0.6) is 5.75 Å². The predicted molar refractivity (Wildman–Crippen MR) is 145 cm³/mol. The summed E-state index contributed by atoms with van der Waals surface area (Å²) in [5.41, 5.74) is 5.51. The molecule has 3 rings (SSSR count). The van der Waals surface area contributed by atoms with Gasteiger partial charge in [0.05, 0.1) is 21.9 Å². The third-order valence-corrected chi connectivity index (χ3v) is 6.05. The summed E-state index contributed by atoms with van der Waals surface area (Å²) < 4.78 is 6.52. The maximum Gasteiger partial charge on any atom is 0.329 e. The van der Waals surface area contributed by atoms with Crippen molar-refractivity contribution in [2.24, 2.45) is 5.10 Å². The molecule has 0 radical (unpaired) electrons. The Kier molecular flexibility index (Phi) is 9.46. The number of carbonyl (C=O) groups excluding carboxylic acids is 3. The monoisotopic (exact) mass is 590 g/mol. The van der Waals surface area contributed by atoms with Gasteiger partial charge in [0.25, 0.3) is 5.91 Å². The summed E-state index contributed by atoms with van der Waals surface area (Å²) in [4.78, 5) is 36.4. The molecule has 0 aliphatic carbocycles. The van der Waals surface area contributed by atoms with E-state index in [-0.39, 0.29) is 28.2 Å². The smallest absolute Gasteiger partial charge is 0.329 e. The number of halogens is 3. The molecule has 0 aliphatic heterocycles. The second-order valence-electron chi connectivity index (χ2n) is 7.58. The van der Waals surface area contributed by atoms with E-state index >= 15 is 0 Å². The lowest BCUT2D eigenvalue weighted by molar-refractivity contribution is -0.136. The Labute approximate surface area is 226 Å². The first-order valence-electron chi connectivity index (χ1n) is 10.5. The fourth-order valence-electron chi connectivity index (χ4n) is 3.11. The molecule has 0 unspecified atom stereocenters. The number of ether oxygens (including phenoxy) is 1. The Bertz CT molecular complexity index is 1320. The van der Waals surface area contributed by atoms with Crippen molar-refractivity contribution in [2.75, 3.05) is 17.2 Å². The number of anilines is 2. The SMILES string of the molecule is Cc1cc(Br)cc(C)c1NC(=O)COc1cccc(/C=N\NC(=O)C(=O)Nc2cccc(Cl)c2Cl)c1. The van der Waals surface area contributed by atoms with E-state index in [1.165, 1.54) is 12.3 Å². The number of carbonyl (C=O) groups is 3. The van der Waals surface area contributed by atoms with Crippen LogP contribution in [-0.2, 0) is 14.4 Å². The lowest BCUT2D eigenvalue weighted by atomic mass is 10.1. The Morgan fingerprint density at radius 2 is 1.67 bits per heavy atom. The van der Waals surface area contributed by atoms with Crippen molar-refractivity contribution in [2.45, 2.75) is 13.8 Å². The molecule has 0 saturated heterocycles. The van der Waals surface area contributed by atoms with Gasteiger partial charge in [0, 0.05) is 10.2 Å². The molecule has 3 aromatic rings. The van der Waals surface area contributed by atoms with Crippen LogP contribution < -0.4 is 20.8 Å². The molecule has 3 N–H and O–H groups in total. The molecule has 0 spiro atoms. The van der Waals surface area contributed by atoms with Gasteiger partial charge in [-0.25, -0.2) is 5.43 Å². The van der Waals surface area contributed by atoms with Gasteiger partial charge in [-0.15, -0.1) is 0 Å². The van der Waals surface area contributed by atoms with Crippen molar-refractivity contribution in [1.29, 1.82) is 0 Å². The van der Waals surface area contributed by atoms with Gasteiger partial charge in [0.2, 0.25) is 0 Å². The van der Waals surface area contributed by atoms with Crippen LogP contribution in [0.1, 0.15) is 16.7 Å². The number of hydrogen-bond acceptors (Lipinski definition) is 5. The van der Waals surface area contributed by atoms with Gasteiger partial charge < -0.3 is 15.4 Å². The maximum absolute atomic E-state index is 12.4. The summed E-state index contributed by atoms with van der Waals surface area (Å²) in [7, 11) is 0. The molecule has 0 aliphatic rings. The average molecular weight is 592 g/mol. The quantitative estimate of drug-likeness (QED) is 0.192. The highest BCUT2D eigenvalue weighted by atomic mass is 79.9. The largest absolute Gasteiger partial charge is 0.484 e. The fourth-order valence-corrected chi connectivity index (χ4v) is 4.15. The first-order valence-corrected chi connectivity index (χ1v) is 12.1. The minimum absolute atomic E-state index is 0.122. The molecule has 0 heterocycles. The van der Waals surface area contributed by atoms with Crippen LogP contribution in [0.25, 0.3) is 0 Å². The lowest BCUT2D eigenvalue weighted by Crippen LogP contribution is -2.32. The Morgan fingerprint density at radius 3 is 2.39 bits per heavy atom. The Morgan fingerprint density at radius 1 is 0.972 bits per heavy atom. The van der Waals surface area contributed by atoms with E-state index in [1.807, 2.05) is 26.0 Å². The third-order valence-electron chi connectivity index (χ3n) is 4.78. The van der Waals surface area contributed by atoms with Gasteiger partial charge in [-0.2, -0.15) is 5.10 Å². The van der Waals surface area contributed by atoms with Gasteiger partial charge in [0.15, 0.2) is 6.61 Å². The number of nitrogens with one attached hydrogen (secondary N) is 3. The van der Waals surface area contributed by atoms with E-state index in [1.54, 1.807) is 36.4 Å². The Balaban J connectivity index is 1.52. The number of rotatable bonds is 7. The van der Waals surface area contributed by atoms with Crippen molar-refractivity contribution in [3.63, 3.8) is 0 Å². The van der Waals surface area contributed by atoms with Crippen molar-refractivity contribution in [3.8, 4) is 5.75 Å². The molecule has 36 heavy (non-hydrogen) atoms. The molecule has 0 saturated carbocycles. The van der Waals surface area contributed by atoms with Crippen LogP contribution in [0, 0.1) is 13.8 Å². The van der Waals surface area contributed by atoms with Gasteiger partial charge >= 0.3 is 11.8 Å². The zero-order valence-corrected chi connectivity index (χ0v) is 22.3. The first kappa shape index (κ1) is 27.2. The van der Waals surface area contributed by atoms with Gasteiger partial charge in [-0.3, -0.25) is 14.4 Å². The molecule has 0 fully saturated rings. The zero-order chi connectivity index (χ0) is 26.2. The molecule has 11 heteroatoms. The summed E-state index contributed by atoms with van der Waals surface area (Å²) >= 11 is 15.3. The van der Waals surface area contributed by atoms with E-state index in [0.717, 1.165) is 21.3 Å². The molecule has 0 bridgehead atoms. The average Bonchev–Trinajstić information content (AvgIpc) is 2.83. The van der Waals surface area contributed by atoms with E-state index in [9.17, 15) is 14.4 Å². The van der Waals surface area contributed by atoms with E-state index in [2.05, 4.69) is 37.1 Å². The molecule has 8 nitrogen and oxygen atoms in total. The van der Waals surface area contributed by atoms with E-state index < -0.39 is 11.8 Å². The third kappa shape index (κ3) is 7.55. The van der Waals surface area contributed by atoms with Crippen molar-refractivity contribution < 1.29 is 19.1 Å². The number of aryl methyl sites for hydroxylation is 2. The summed E-state index contributed by atoms with van der Waals surface area (Å²) in [6.45, 7) is 3.62. The predicted octanol–water partition coefficient (Wildman–Crippen LogP) is 5.48. The maximum atomic E-state index is 12.4. The lowest BCUT2D eigenvalue weighted by Gasteiger charge is -2.13. The molecular weight excluding hydrogens is 571 g/mol. The highest BCUT2D eigenvalue weighted by Gasteiger charge is 2.15. The highest BCUT2D eigenvalue weighted by molar-refractivity contribution is 9.10. The standard InChI is InChI=1S/C25H21BrCl2N4O4/c1-14-9-17(26)10-15(2)23(14)31-21(33)13-36-18-6-3-5-16(11-18)12-29-32-25(35)24(34)30-20-8-4-7-19(27)22(20)28/h3-12H,13H2,1-2H3,(H,30,34)(H,31,33)(H,32,35)/b29-12-. The second-order valence-corrected chi connectivity index (χ2v) is 9.28. The van der Waals surface area contributed by atoms with Crippen molar-refractivity contribution in [3.05, 3.63) is 85.8 Å². The minimum atomic E-state index is -0.995. The van der Waals surface area contributed by atoms with Crippen LogP contribution in [0.15, 0.2) is 64.2 Å². The number of amides is 3. The number of benzene rings is 3. The molecule has 0 aromatic heterocycles. The van der Waals surface area contributed by atoms with Crippen LogP contribution >= 0.6 is 39.1 Å². The van der Waals surface area contributed by atoms with Gasteiger partial charge in [-0.1, -0.05) is 57.3 Å². The summed E-state index contributed by atoms with van der Waals surface area (Å²) in [6, 6.07) is 15.2. The molecule has 3 amide bonds. The topological polar surface area (TPSA) is 109 Å². The van der Waals surface area contributed by atoms with Gasteiger partial charge in [0.1, 0.15) is 5.75 Å². The van der Waals surface area contributed by atoms with Crippen LogP contribution in [0.4, 0.5) is 11.4 Å². The molecular formula is C25H21BrCl2N4O4. The normalized spacial score (nSPS) is 10.7. The van der Waals surface area contributed by atoms with E-state index in [0.29, 0.717) is 11.3 Å². The summed E-state index contributed by atoms with van der Waals surface area (Å²) in [5, 5.41) is 9.36. The van der Waals surface area contributed by atoms with Crippen molar-refractivity contribution in [1.82, 2.24) is 5.43 Å². The highest BCUT2D eigenvalue weighted by Crippen LogP contribution is 2.29. The Hall–Kier alpha value is -3.40. The molecule has 0 atom stereocenters. The summed E-state index contributed by atoms with van der Waals surface area (Å²) in [5.74, 6) is -1.83. The van der Waals surface area contributed by atoms with Gasteiger partial charge in [-0.05, 0) is 66.9 Å². The molecule has 3 aromatic carbocycles. The fraction of sp³-hybridized carbons (Fsp3) is 0.120. The zero-order valence-electron chi connectivity index (χ0n) is 19.2. The first-order chi connectivity index (χ1) is 17.1. The van der Waals surface area contributed by atoms with Crippen LogP contribution in [-0.4, -0.2) is 30.5 Å². The van der Waals surface area contributed by atoms with E-state index in [4.69, 9.17) is 27.9 Å².